The second kappa shape index (κ2) is 12.9. The largest absolute Gasteiger partial charge is 0.508 e. The molecular weight excluding hydrogens is 666 g/mol. The maximum absolute atomic E-state index is 15.2. The second-order valence-electron chi connectivity index (χ2n) is 15.3. The number of amides is 1. The van der Waals surface area contributed by atoms with Crippen molar-refractivity contribution in [2.75, 3.05) is 56.2 Å². The molecule has 7 heterocycles. The summed E-state index contributed by atoms with van der Waals surface area (Å²) in [7, 11) is 1.84. The monoisotopic (exact) mass is 712 g/mol. The molecule has 0 saturated carbocycles. The van der Waals surface area contributed by atoms with Crippen LogP contribution in [0.2, 0.25) is 0 Å². The molecule has 9 rings (SSSR count). The Morgan fingerprint density at radius 3 is 2.75 bits per heavy atom. The van der Waals surface area contributed by atoms with Crippen LogP contribution in [-0.2, 0) is 38.9 Å². The van der Waals surface area contributed by atoms with Gasteiger partial charge in [-0.15, -0.1) is 0 Å². The number of nitrogens with zero attached hydrogens (tertiary/aromatic N) is 8. The van der Waals surface area contributed by atoms with Crippen molar-refractivity contribution in [1.82, 2.24) is 29.5 Å². The van der Waals surface area contributed by atoms with E-state index in [1.807, 2.05) is 18.7 Å². The second-order valence-corrected chi connectivity index (χ2v) is 15.3. The third kappa shape index (κ3) is 5.54. The molecule has 13 heteroatoms. The highest BCUT2D eigenvalue weighted by Crippen LogP contribution is 2.42. The van der Waals surface area contributed by atoms with E-state index in [0.717, 1.165) is 90.0 Å². The Kier molecular flexibility index (Phi) is 8.24. The number of ether oxygens (including phenoxy) is 1. The van der Waals surface area contributed by atoms with E-state index in [0.29, 0.717) is 76.4 Å². The summed E-state index contributed by atoms with van der Waals surface area (Å²) in [4.78, 5) is 31.9. The molecule has 2 aromatic carbocycles. The molecule has 2 fully saturated rings. The Hall–Kier alpha value is -4.52. The number of alkyl halides is 1. The van der Waals surface area contributed by atoms with Crippen molar-refractivity contribution in [2.45, 2.75) is 89.6 Å². The molecule has 52 heavy (non-hydrogen) atoms. The fraction of sp³-hybridized carbons (Fsp3) is 0.538. The van der Waals surface area contributed by atoms with Gasteiger partial charge in [-0.05, 0) is 74.6 Å². The first-order valence-corrected chi connectivity index (χ1v) is 18.9. The average molecular weight is 713 g/mol. The Morgan fingerprint density at radius 2 is 1.88 bits per heavy atom. The Bertz CT molecular complexity index is 2070. The normalized spacial score (nSPS) is 23.3. The van der Waals surface area contributed by atoms with E-state index < -0.39 is 6.17 Å². The number of hydrogen-bond acceptors (Lipinski definition) is 9. The lowest BCUT2D eigenvalue weighted by atomic mass is 9.95. The van der Waals surface area contributed by atoms with Crippen LogP contribution in [0.4, 0.5) is 20.3 Å². The maximum Gasteiger partial charge on any atom is 0.318 e. The van der Waals surface area contributed by atoms with Crippen LogP contribution in [0.5, 0.6) is 11.8 Å². The highest BCUT2D eigenvalue weighted by molar-refractivity contribution is 5.98. The predicted molar refractivity (Wildman–Crippen MR) is 193 cm³/mol. The van der Waals surface area contributed by atoms with E-state index in [-0.39, 0.29) is 29.0 Å². The molecule has 1 amide bonds. The number of rotatable bonds is 6. The van der Waals surface area contributed by atoms with Crippen molar-refractivity contribution in [3.63, 3.8) is 0 Å². The number of carbonyl (C=O) groups excluding carboxylic acids is 1. The molecule has 4 aromatic rings. The van der Waals surface area contributed by atoms with Crippen molar-refractivity contribution in [3.8, 4) is 11.8 Å². The Labute approximate surface area is 302 Å². The lowest BCUT2D eigenvalue weighted by Gasteiger charge is -2.35. The van der Waals surface area contributed by atoms with Crippen molar-refractivity contribution in [3.05, 3.63) is 63.9 Å². The van der Waals surface area contributed by atoms with Gasteiger partial charge in [0, 0.05) is 74.5 Å². The molecule has 0 aliphatic carbocycles. The molecular formula is C39H46F2N8O3. The first kappa shape index (κ1) is 33.3. The van der Waals surface area contributed by atoms with E-state index in [4.69, 9.17) is 19.8 Å². The van der Waals surface area contributed by atoms with Crippen LogP contribution >= 0.6 is 0 Å². The van der Waals surface area contributed by atoms with Crippen LogP contribution in [0.15, 0.2) is 24.3 Å². The zero-order valence-electron chi connectivity index (χ0n) is 30.0. The standard InChI is InChI=1S/C39H46F2N8O3/c1-3-27-30(41)9-8-24-17-26(50)18-32(34(24)27)46-16-10-28-31(21-46)42-38(52-23-39-11-5-14-48(39)20-25(40)19-39)43-36(28)47-13-6-15-49-33(22-47)29-7-4-12-45(2)37(51)35(29)44-49/h8-9,17-18,25,50H,3-7,10-16,19-23H2,1-2H3/t25-,39+/m1/s1. The van der Waals surface area contributed by atoms with Gasteiger partial charge in [-0.3, -0.25) is 14.4 Å². The molecule has 0 unspecified atom stereocenters. The first-order chi connectivity index (χ1) is 25.2. The average Bonchev–Trinajstić information content (AvgIpc) is 3.69. The molecule has 0 spiro atoms. The Balaban J connectivity index is 1.11. The number of hydrogen-bond donors (Lipinski definition) is 1. The molecule has 11 nitrogen and oxygen atoms in total. The smallest absolute Gasteiger partial charge is 0.318 e. The van der Waals surface area contributed by atoms with Crippen LogP contribution in [-0.4, -0.2) is 98.7 Å². The molecule has 274 valence electrons. The number of fused-ring (bicyclic) bond motifs is 6. The van der Waals surface area contributed by atoms with Gasteiger partial charge in [-0.1, -0.05) is 13.0 Å². The lowest BCUT2D eigenvalue weighted by molar-refractivity contribution is 0.0793. The van der Waals surface area contributed by atoms with Crippen molar-refractivity contribution in [1.29, 1.82) is 0 Å². The summed E-state index contributed by atoms with van der Waals surface area (Å²) in [5.74, 6) is 0.663. The number of benzene rings is 2. The summed E-state index contributed by atoms with van der Waals surface area (Å²) in [6.07, 6.45) is 5.16. The number of aromatic hydroxyl groups is 1. The van der Waals surface area contributed by atoms with Crippen molar-refractivity contribution < 1.29 is 23.4 Å². The first-order valence-electron chi connectivity index (χ1n) is 18.9. The summed E-state index contributed by atoms with van der Waals surface area (Å²) >= 11 is 0. The van der Waals surface area contributed by atoms with Crippen LogP contribution in [0, 0.1) is 5.82 Å². The summed E-state index contributed by atoms with van der Waals surface area (Å²) in [5.41, 5.74) is 5.56. The van der Waals surface area contributed by atoms with Gasteiger partial charge in [0.15, 0.2) is 5.69 Å². The zero-order valence-corrected chi connectivity index (χ0v) is 30.0. The van der Waals surface area contributed by atoms with Crippen LogP contribution in [0.1, 0.15) is 77.6 Å². The number of aromatic nitrogens is 4. The highest BCUT2D eigenvalue weighted by Gasteiger charge is 2.49. The predicted octanol–water partition coefficient (Wildman–Crippen LogP) is 5.18. The van der Waals surface area contributed by atoms with Gasteiger partial charge < -0.3 is 24.5 Å². The highest BCUT2D eigenvalue weighted by atomic mass is 19.1. The number of phenolic OH excluding ortho intramolecular Hbond substituents is 1. The van der Waals surface area contributed by atoms with E-state index in [1.165, 1.54) is 6.07 Å². The summed E-state index contributed by atoms with van der Waals surface area (Å²) in [6, 6.07) is 6.89. The van der Waals surface area contributed by atoms with Gasteiger partial charge in [-0.2, -0.15) is 15.1 Å². The van der Waals surface area contributed by atoms with Gasteiger partial charge in [0.25, 0.3) is 5.91 Å². The minimum absolute atomic E-state index is 0.0248. The van der Waals surface area contributed by atoms with Gasteiger partial charge in [-0.25, -0.2) is 8.78 Å². The molecule has 2 aromatic heterocycles. The quantitative estimate of drug-likeness (QED) is 0.290. The summed E-state index contributed by atoms with van der Waals surface area (Å²) in [6.45, 7) is 7.35. The van der Waals surface area contributed by atoms with E-state index >= 15 is 4.39 Å². The van der Waals surface area contributed by atoms with Gasteiger partial charge >= 0.3 is 6.01 Å². The third-order valence-corrected chi connectivity index (χ3v) is 12.2. The van der Waals surface area contributed by atoms with E-state index in [9.17, 15) is 14.3 Å². The maximum atomic E-state index is 15.2. The third-order valence-electron chi connectivity index (χ3n) is 12.2. The summed E-state index contributed by atoms with van der Waals surface area (Å²) in [5, 5.41) is 17.2. The van der Waals surface area contributed by atoms with Gasteiger partial charge in [0.1, 0.15) is 30.2 Å². The zero-order chi connectivity index (χ0) is 35.7. The number of aryl methyl sites for hydroxylation is 2. The number of carbonyl (C=O) groups is 1. The van der Waals surface area contributed by atoms with Gasteiger partial charge in [0.2, 0.25) is 0 Å². The lowest BCUT2D eigenvalue weighted by Crippen LogP contribution is -2.43. The topological polar surface area (TPSA) is 103 Å². The van der Waals surface area contributed by atoms with E-state index in [2.05, 4.69) is 14.7 Å². The van der Waals surface area contributed by atoms with Crippen LogP contribution < -0.4 is 14.5 Å². The molecule has 0 radical (unpaired) electrons. The number of phenols is 1. The molecule has 0 bridgehead atoms. The number of halogens is 2. The Morgan fingerprint density at radius 1 is 1.00 bits per heavy atom. The minimum atomic E-state index is -0.865. The van der Waals surface area contributed by atoms with Crippen molar-refractivity contribution >= 4 is 28.2 Å². The molecule has 2 atom stereocenters. The van der Waals surface area contributed by atoms with Crippen LogP contribution in [0.3, 0.4) is 0 Å². The number of anilines is 2. The fourth-order valence-electron chi connectivity index (χ4n) is 9.60. The molecule has 5 aliphatic rings. The van der Waals surface area contributed by atoms with Crippen molar-refractivity contribution in [2.24, 2.45) is 0 Å². The van der Waals surface area contributed by atoms with Gasteiger partial charge in [0.05, 0.1) is 30.0 Å². The van der Waals surface area contributed by atoms with E-state index in [1.54, 1.807) is 23.1 Å². The molecule has 2 saturated heterocycles. The van der Waals surface area contributed by atoms with Crippen LogP contribution in [0.25, 0.3) is 10.8 Å². The SMILES string of the molecule is CCc1c(F)ccc2cc(O)cc(N3CCc4c(nc(OC[C@@]56CCCN5C[C@H](F)C6)nc4N4CCCn5nc6c(c5C4)CCCN(C)C6=O)C3)c12. The fourth-order valence-corrected chi connectivity index (χ4v) is 9.60. The minimum Gasteiger partial charge on any atom is -0.508 e. The summed E-state index contributed by atoms with van der Waals surface area (Å²) < 4.78 is 38.4. The molecule has 1 N–H and O–H groups in total. The molecule has 5 aliphatic heterocycles.